The van der Waals surface area contributed by atoms with Crippen molar-refractivity contribution in [2.45, 2.75) is 11.4 Å². The fourth-order valence-corrected chi connectivity index (χ4v) is 2.95. The lowest BCUT2D eigenvalue weighted by molar-refractivity contribution is 0.0951. The van der Waals surface area contributed by atoms with Crippen LogP contribution in [0.4, 0.5) is 0 Å². The maximum atomic E-state index is 11.7. The van der Waals surface area contributed by atoms with Gasteiger partial charge in [-0.05, 0) is 36.2 Å². The van der Waals surface area contributed by atoms with Crippen LogP contribution in [0.25, 0.3) is 0 Å². The van der Waals surface area contributed by atoms with Crippen LogP contribution in [0.5, 0.6) is 0 Å². The second kappa shape index (κ2) is 6.17. The zero-order valence-electron chi connectivity index (χ0n) is 10.8. The number of hydrogen-bond acceptors (Lipinski definition) is 4. The van der Waals surface area contributed by atoms with E-state index in [9.17, 15) is 13.2 Å². The van der Waals surface area contributed by atoms with E-state index in [1.807, 2.05) is 5.38 Å². The molecule has 20 heavy (non-hydrogen) atoms. The van der Waals surface area contributed by atoms with Gasteiger partial charge in [0, 0.05) is 17.5 Å². The molecule has 0 aliphatic rings. The minimum Gasteiger partial charge on any atom is -0.348 e. The van der Waals surface area contributed by atoms with Crippen LogP contribution in [0, 0.1) is 0 Å². The largest absolute Gasteiger partial charge is 0.348 e. The maximum Gasteiger partial charge on any atom is 0.252 e. The summed E-state index contributed by atoms with van der Waals surface area (Å²) in [6.07, 6.45) is 0. The van der Waals surface area contributed by atoms with Gasteiger partial charge in [0.25, 0.3) is 5.91 Å². The van der Waals surface area contributed by atoms with Crippen molar-refractivity contribution < 1.29 is 13.2 Å². The van der Waals surface area contributed by atoms with Gasteiger partial charge >= 0.3 is 0 Å². The summed E-state index contributed by atoms with van der Waals surface area (Å²) < 4.78 is 25.4. The van der Waals surface area contributed by atoms with E-state index in [0.29, 0.717) is 12.1 Å². The first-order valence-corrected chi connectivity index (χ1v) is 8.28. The molecule has 7 heteroatoms. The van der Waals surface area contributed by atoms with Crippen LogP contribution in [0.15, 0.2) is 46.0 Å². The van der Waals surface area contributed by atoms with Gasteiger partial charge in [-0.25, -0.2) is 13.1 Å². The van der Waals surface area contributed by atoms with Gasteiger partial charge in [-0.2, -0.15) is 11.3 Å². The molecule has 0 atom stereocenters. The Morgan fingerprint density at radius 1 is 1.20 bits per heavy atom. The van der Waals surface area contributed by atoms with Crippen molar-refractivity contribution in [2.24, 2.45) is 0 Å². The zero-order valence-corrected chi connectivity index (χ0v) is 12.4. The normalized spacial score (nSPS) is 11.2. The molecule has 0 saturated heterocycles. The van der Waals surface area contributed by atoms with Crippen LogP contribution in [0.3, 0.4) is 0 Å². The molecule has 0 unspecified atom stereocenters. The third kappa shape index (κ3) is 3.44. The van der Waals surface area contributed by atoms with Gasteiger partial charge in [0.05, 0.1) is 4.90 Å². The first-order valence-electron chi connectivity index (χ1n) is 5.86. The number of hydrogen-bond donors (Lipinski definition) is 2. The fraction of sp³-hybridized carbons (Fsp3) is 0.154. The lowest BCUT2D eigenvalue weighted by Gasteiger charge is -2.06. The average Bonchev–Trinajstić information content (AvgIpc) is 2.99. The molecule has 0 radical (unpaired) electrons. The summed E-state index contributed by atoms with van der Waals surface area (Å²) in [4.78, 5) is 11.9. The van der Waals surface area contributed by atoms with Crippen LogP contribution in [-0.4, -0.2) is 21.4 Å². The Balaban J connectivity index is 2.00. The third-order valence-electron chi connectivity index (χ3n) is 2.74. The molecule has 0 saturated carbocycles. The van der Waals surface area contributed by atoms with E-state index in [0.717, 1.165) is 5.56 Å². The van der Waals surface area contributed by atoms with Crippen LogP contribution in [-0.2, 0) is 16.6 Å². The maximum absolute atomic E-state index is 11.7. The van der Waals surface area contributed by atoms with Crippen molar-refractivity contribution in [3.8, 4) is 0 Å². The van der Waals surface area contributed by atoms with Crippen LogP contribution < -0.4 is 10.0 Å². The Morgan fingerprint density at radius 2 is 1.90 bits per heavy atom. The summed E-state index contributed by atoms with van der Waals surface area (Å²) in [7, 11) is -2.05. The van der Waals surface area contributed by atoms with Crippen LogP contribution >= 0.6 is 11.3 Å². The summed E-state index contributed by atoms with van der Waals surface area (Å²) in [5.74, 6) is -0.141. The summed E-state index contributed by atoms with van der Waals surface area (Å²) in [6, 6.07) is 8.13. The molecule has 0 aliphatic heterocycles. The first-order chi connectivity index (χ1) is 9.53. The standard InChI is InChI=1S/C13H14N2O3S2/c1-14-20(17,18)12-4-2-10(3-5-12)8-15-13(16)11-6-7-19-9-11/h2-7,9,14H,8H2,1H3,(H,15,16). The topological polar surface area (TPSA) is 75.3 Å². The molecular weight excluding hydrogens is 296 g/mol. The van der Waals surface area contributed by atoms with E-state index < -0.39 is 10.0 Å². The zero-order chi connectivity index (χ0) is 14.6. The number of nitrogens with one attached hydrogen (secondary N) is 2. The molecule has 0 aliphatic carbocycles. The Bertz CT molecular complexity index is 677. The molecule has 1 heterocycles. The smallest absolute Gasteiger partial charge is 0.252 e. The van der Waals surface area contributed by atoms with Gasteiger partial charge in [-0.1, -0.05) is 12.1 Å². The quantitative estimate of drug-likeness (QED) is 0.880. The molecule has 106 valence electrons. The SMILES string of the molecule is CNS(=O)(=O)c1ccc(CNC(=O)c2ccsc2)cc1. The number of benzene rings is 1. The minimum absolute atomic E-state index is 0.141. The molecule has 0 bridgehead atoms. The van der Waals surface area contributed by atoms with E-state index in [1.165, 1.54) is 30.5 Å². The summed E-state index contributed by atoms with van der Waals surface area (Å²) in [5, 5.41) is 6.39. The number of carbonyl (C=O) groups excluding carboxylic acids is 1. The summed E-state index contributed by atoms with van der Waals surface area (Å²) in [6.45, 7) is 0.356. The second-order valence-corrected chi connectivity index (χ2v) is 6.71. The van der Waals surface area contributed by atoms with Crippen LogP contribution in [0.2, 0.25) is 0 Å². The van der Waals surface area contributed by atoms with Gasteiger partial charge in [0.2, 0.25) is 10.0 Å². The third-order valence-corrected chi connectivity index (χ3v) is 4.85. The Labute approximate surface area is 121 Å². The molecule has 0 fully saturated rings. The van der Waals surface area contributed by atoms with E-state index in [2.05, 4.69) is 10.0 Å². The number of rotatable bonds is 5. The molecule has 2 rings (SSSR count). The van der Waals surface area contributed by atoms with Crippen LogP contribution in [0.1, 0.15) is 15.9 Å². The highest BCUT2D eigenvalue weighted by molar-refractivity contribution is 7.89. The predicted molar refractivity (Wildman–Crippen MR) is 78.2 cm³/mol. The molecule has 2 N–H and O–H groups in total. The van der Waals surface area contributed by atoms with Crippen molar-refractivity contribution in [2.75, 3.05) is 7.05 Å². The van der Waals surface area contributed by atoms with Crippen molar-refractivity contribution in [3.05, 3.63) is 52.2 Å². The Morgan fingerprint density at radius 3 is 2.45 bits per heavy atom. The lowest BCUT2D eigenvalue weighted by Crippen LogP contribution is -2.22. The number of thiophene rings is 1. The van der Waals surface area contributed by atoms with Crippen molar-refractivity contribution in [1.82, 2.24) is 10.0 Å². The van der Waals surface area contributed by atoms with Gasteiger partial charge in [-0.3, -0.25) is 4.79 Å². The average molecular weight is 310 g/mol. The molecule has 1 amide bonds. The number of carbonyl (C=O) groups is 1. The number of sulfonamides is 1. The summed E-state index contributed by atoms with van der Waals surface area (Å²) in [5.41, 5.74) is 1.47. The highest BCUT2D eigenvalue weighted by Gasteiger charge is 2.10. The Kier molecular flexibility index (Phi) is 4.53. The van der Waals surface area contributed by atoms with Crippen molar-refractivity contribution >= 4 is 27.3 Å². The monoisotopic (exact) mass is 310 g/mol. The molecule has 2 aromatic rings. The van der Waals surface area contributed by atoms with Gasteiger partial charge in [0.15, 0.2) is 0 Å². The molecule has 5 nitrogen and oxygen atoms in total. The lowest BCUT2D eigenvalue weighted by atomic mass is 10.2. The molecule has 1 aromatic heterocycles. The van der Waals surface area contributed by atoms with E-state index >= 15 is 0 Å². The minimum atomic E-state index is -3.42. The van der Waals surface area contributed by atoms with E-state index in [4.69, 9.17) is 0 Å². The Hall–Kier alpha value is -1.70. The van der Waals surface area contributed by atoms with Gasteiger partial charge < -0.3 is 5.32 Å². The van der Waals surface area contributed by atoms with Crippen molar-refractivity contribution in [1.29, 1.82) is 0 Å². The molecular formula is C13H14N2O3S2. The number of amides is 1. The first kappa shape index (κ1) is 14.7. The predicted octanol–water partition coefficient (Wildman–Crippen LogP) is 1.59. The van der Waals surface area contributed by atoms with Gasteiger partial charge in [-0.15, -0.1) is 0 Å². The van der Waals surface area contributed by atoms with E-state index in [-0.39, 0.29) is 10.8 Å². The molecule has 0 spiro atoms. The fourth-order valence-electron chi connectivity index (χ4n) is 1.58. The van der Waals surface area contributed by atoms with E-state index in [1.54, 1.807) is 23.6 Å². The summed E-state index contributed by atoms with van der Waals surface area (Å²) >= 11 is 1.46. The highest BCUT2D eigenvalue weighted by Crippen LogP contribution is 2.10. The van der Waals surface area contributed by atoms with Gasteiger partial charge in [0.1, 0.15) is 0 Å². The second-order valence-electron chi connectivity index (χ2n) is 4.05. The molecule has 1 aromatic carbocycles. The van der Waals surface area contributed by atoms with Crippen molar-refractivity contribution in [3.63, 3.8) is 0 Å². The highest BCUT2D eigenvalue weighted by atomic mass is 32.2.